The van der Waals surface area contributed by atoms with Gasteiger partial charge >= 0.3 is 50.5 Å². The average Bonchev–Trinajstić information content (AvgIpc) is 1.84. The van der Waals surface area contributed by atoms with Gasteiger partial charge in [-0.1, -0.05) is 49.5 Å². The zero-order chi connectivity index (χ0) is 11.0. The van der Waals surface area contributed by atoms with Crippen molar-refractivity contribution >= 4 is 58.4 Å². The first-order valence-electron chi connectivity index (χ1n) is 4.55. The molecule has 0 aromatic carbocycles. The van der Waals surface area contributed by atoms with Gasteiger partial charge in [-0.3, -0.25) is 0 Å². The molecule has 0 saturated carbocycles. The Labute approximate surface area is 115 Å². The standard InChI is InChI=1S/C9H21P.HI3/c1-7(2)10(8(3)4)9(5)6;1-3-2/h7-9H,1-6H3;3H. The van der Waals surface area contributed by atoms with E-state index in [1.54, 1.807) is 0 Å². The van der Waals surface area contributed by atoms with E-state index in [2.05, 4.69) is 78.8 Å². The summed E-state index contributed by atoms with van der Waals surface area (Å²) >= 11 is 5.22. The molecule has 84 valence electrons. The summed E-state index contributed by atoms with van der Waals surface area (Å²) in [5.74, 6) is 0. The van der Waals surface area contributed by atoms with Crippen molar-refractivity contribution < 1.29 is 0 Å². The van der Waals surface area contributed by atoms with E-state index in [1.165, 1.54) is 0 Å². The van der Waals surface area contributed by atoms with Crippen LogP contribution in [0.5, 0.6) is 0 Å². The topological polar surface area (TPSA) is 0 Å². The van der Waals surface area contributed by atoms with E-state index >= 15 is 0 Å². The summed E-state index contributed by atoms with van der Waals surface area (Å²) < 4.78 is 0. The van der Waals surface area contributed by atoms with Crippen molar-refractivity contribution in [2.75, 3.05) is 0 Å². The Hall–Kier alpha value is 2.62. The molecule has 0 spiro atoms. The van der Waals surface area contributed by atoms with Gasteiger partial charge < -0.3 is 0 Å². The van der Waals surface area contributed by atoms with Crippen molar-refractivity contribution in [3.63, 3.8) is 0 Å². The van der Waals surface area contributed by atoms with Crippen LogP contribution in [-0.2, 0) is 0 Å². The first kappa shape index (κ1) is 18.0. The zero-order valence-electron chi connectivity index (χ0n) is 9.34. The van der Waals surface area contributed by atoms with Crippen LogP contribution in [0.4, 0.5) is 0 Å². The molecular formula is C9H22I3P. The summed E-state index contributed by atoms with van der Waals surface area (Å²) in [6, 6.07) is 0. The Balaban J connectivity index is 0. The van der Waals surface area contributed by atoms with Crippen molar-refractivity contribution in [2.45, 2.75) is 58.5 Å². The second-order valence-electron chi connectivity index (χ2n) is 3.79. The van der Waals surface area contributed by atoms with Crippen LogP contribution in [-0.4, -0.2) is 17.0 Å². The van der Waals surface area contributed by atoms with E-state index in [0.29, 0.717) is 13.3 Å². The first-order valence-corrected chi connectivity index (χ1v) is 19.7. The van der Waals surface area contributed by atoms with Crippen molar-refractivity contribution in [1.29, 1.82) is 0 Å². The minimum absolute atomic E-state index is 0.262. The van der Waals surface area contributed by atoms with Crippen LogP contribution in [0.2, 0.25) is 0 Å². The van der Waals surface area contributed by atoms with Crippen LogP contribution in [0.1, 0.15) is 41.5 Å². The maximum atomic E-state index is 2.41. The Kier molecular flexibility index (Phi) is 15.4. The summed E-state index contributed by atoms with van der Waals surface area (Å²) in [5.41, 5.74) is 2.69. The van der Waals surface area contributed by atoms with E-state index in [0.717, 1.165) is 17.0 Å². The second kappa shape index (κ2) is 11.1. The Morgan fingerprint density at radius 2 is 0.923 bits per heavy atom. The molecule has 4 heteroatoms. The summed E-state index contributed by atoms with van der Waals surface area (Å²) in [6.07, 6.45) is 0. The predicted molar refractivity (Wildman–Crippen MR) is 95.8 cm³/mol. The molecule has 0 aliphatic rings. The number of hydrogen-bond donors (Lipinski definition) is 0. The fourth-order valence-electron chi connectivity index (χ4n) is 1.79. The van der Waals surface area contributed by atoms with E-state index in [4.69, 9.17) is 0 Å². The third-order valence-electron chi connectivity index (χ3n) is 1.79. The molecule has 0 aliphatic carbocycles. The maximum absolute atomic E-state index is 2.41. The monoisotopic (exact) mass is 542 g/mol. The predicted octanol–water partition coefficient (Wildman–Crippen LogP) is 6.08. The third kappa shape index (κ3) is 10.9. The molecule has 13 heavy (non-hydrogen) atoms. The normalized spacial score (nSPS) is 11.4. The van der Waals surface area contributed by atoms with Crippen molar-refractivity contribution in [3.8, 4) is 0 Å². The molecule has 0 heterocycles. The number of rotatable bonds is 3. The molecule has 0 rings (SSSR count). The van der Waals surface area contributed by atoms with Crippen LogP contribution >= 0.6 is 58.4 Å². The molecule has 0 aromatic rings. The third-order valence-corrected chi connectivity index (χ3v) is 5.37. The second-order valence-corrected chi connectivity index (χ2v) is 25.3. The summed E-state index contributed by atoms with van der Waals surface area (Å²) in [4.78, 5) is 0. The fourth-order valence-corrected chi connectivity index (χ4v) is 5.37. The Bertz CT molecular complexity index is 86.0. The van der Waals surface area contributed by atoms with Crippen molar-refractivity contribution in [1.82, 2.24) is 0 Å². The first-order chi connectivity index (χ1) is 5.88. The van der Waals surface area contributed by atoms with Crippen LogP contribution in [0.3, 0.4) is 0 Å². The van der Waals surface area contributed by atoms with Crippen LogP contribution in [0.15, 0.2) is 0 Å². The quantitative estimate of drug-likeness (QED) is 0.300. The molecule has 0 aliphatic heterocycles. The van der Waals surface area contributed by atoms with Gasteiger partial charge in [0.2, 0.25) is 0 Å². The Morgan fingerprint density at radius 1 is 0.769 bits per heavy atom. The SMILES string of the molecule is CC(C)P(C(C)C)C(C)C.I[IH]I. The fraction of sp³-hybridized carbons (Fsp3) is 1.00. The van der Waals surface area contributed by atoms with E-state index in [9.17, 15) is 0 Å². The van der Waals surface area contributed by atoms with Gasteiger partial charge in [0, 0.05) is 0 Å². The van der Waals surface area contributed by atoms with Crippen LogP contribution in [0, 0.1) is 0 Å². The van der Waals surface area contributed by atoms with Gasteiger partial charge in [-0.2, -0.15) is 0 Å². The Morgan fingerprint density at radius 3 is 0.923 bits per heavy atom. The number of halogens is 3. The van der Waals surface area contributed by atoms with E-state index < -0.39 is 0 Å². The summed E-state index contributed by atoms with van der Waals surface area (Å²) in [6.45, 7) is 14.1. The van der Waals surface area contributed by atoms with Gasteiger partial charge in [0.1, 0.15) is 0 Å². The van der Waals surface area contributed by atoms with Gasteiger partial charge in [-0.15, -0.1) is 0 Å². The molecule has 0 saturated heterocycles. The molecule has 0 unspecified atom stereocenters. The molecule has 0 fully saturated rings. The van der Waals surface area contributed by atoms with Gasteiger partial charge in [-0.25, -0.2) is 0 Å². The number of hydrogen-bond acceptors (Lipinski definition) is 0. The van der Waals surface area contributed by atoms with Crippen molar-refractivity contribution in [2.24, 2.45) is 0 Å². The molecular weight excluding hydrogens is 520 g/mol. The minimum atomic E-state index is 0.262. The zero-order valence-corrected chi connectivity index (χ0v) is 16.9. The van der Waals surface area contributed by atoms with Gasteiger partial charge in [0.25, 0.3) is 0 Å². The van der Waals surface area contributed by atoms with Crippen LogP contribution in [0.25, 0.3) is 0 Å². The molecule has 0 atom stereocenters. The molecule has 0 aromatic heterocycles. The summed E-state index contributed by atoms with van der Waals surface area (Å²) in [5, 5.41) is 0. The molecule has 0 bridgehead atoms. The van der Waals surface area contributed by atoms with Gasteiger partial charge in [-0.05, 0) is 17.0 Å². The molecule has 0 amide bonds. The van der Waals surface area contributed by atoms with Gasteiger partial charge in [0.05, 0.1) is 0 Å². The molecule has 0 radical (unpaired) electrons. The summed E-state index contributed by atoms with van der Waals surface area (Å²) in [7, 11) is 0.262. The molecule has 0 N–H and O–H groups in total. The molecule has 0 nitrogen and oxygen atoms in total. The van der Waals surface area contributed by atoms with E-state index in [-0.39, 0.29) is 7.92 Å². The average molecular weight is 542 g/mol. The van der Waals surface area contributed by atoms with Crippen molar-refractivity contribution in [3.05, 3.63) is 0 Å². The van der Waals surface area contributed by atoms with E-state index in [1.807, 2.05) is 0 Å². The van der Waals surface area contributed by atoms with Crippen LogP contribution < -0.4 is 0 Å². The van der Waals surface area contributed by atoms with Gasteiger partial charge in [0.15, 0.2) is 0 Å².